The van der Waals surface area contributed by atoms with Crippen molar-refractivity contribution in [2.24, 2.45) is 0 Å². The fourth-order valence-electron chi connectivity index (χ4n) is 1.91. The third-order valence-electron chi connectivity index (χ3n) is 3.03. The van der Waals surface area contributed by atoms with Gasteiger partial charge in [-0.1, -0.05) is 0 Å². The zero-order chi connectivity index (χ0) is 13.0. The molecular weight excluding hydrogens is 262 g/mol. The number of rotatable bonds is 6. The molecule has 0 bridgehead atoms. The summed E-state index contributed by atoms with van der Waals surface area (Å²) in [6.07, 6.45) is 6.10. The van der Waals surface area contributed by atoms with Crippen molar-refractivity contribution in [1.29, 1.82) is 0 Å². The molecule has 0 atom stereocenters. The SMILES string of the molecule is CCn1cc(CNCc2cn(CC)nc2C)cn1.Cl. The standard InChI is InChI=1S/C13H21N5.ClH/c1-4-17-9-12(7-15-17)6-14-8-13-10-18(5-2)16-11(13)3;/h7,9-10,14H,4-6,8H2,1-3H3;1H. The Morgan fingerprint density at radius 1 is 1.11 bits per heavy atom. The second-order valence-corrected chi connectivity index (χ2v) is 4.40. The fourth-order valence-corrected chi connectivity index (χ4v) is 1.91. The topological polar surface area (TPSA) is 47.7 Å². The fraction of sp³-hybridized carbons (Fsp3) is 0.538. The molecular formula is C13H22ClN5. The normalized spacial score (nSPS) is 10.5. The average Bonchev–Trinajstić information content (AvgIpc) is 2.97. The Morgan fingerprint density at radius 2 is 1.84 bits per heavy atom. The molecule has 0 saturated carbocycles. The highest BCUT2D eigenvalue weighted by atomic mass is 35.5. The molecule has 0 saturated heterocycles. The number of hydrogen-bond donors (Lipinski definition) is 1. The van der Waals surface area contributed by atoms with Gasteiger partial charge < -0.3 is 5.32 Å². The molecule has 0 radical (unpaired) electrons. The molecule has 0 aliphatic carbocycles. The van der Waals surface area contributed by atoms with Crippen molar-refractivity contribution < 1.29 is 0 Å². The largest absolute Gasteiger partial charge is 0.308 e. The van der Waals surface area contributed by atoms with Crippen LogP contribution in [-0.2, 0) is 26.2 Å². The number of halogens is 1. The van der Waals surface area contributed by atoms with Crippen LogP contribution < -0.4 is 5.32 Å². The molecule has 0 unspecified atom stereocenters. The summed E-state index contributed by atoms with van der Waals surface area (Å²) in [6.45, 7) is 9.78. The van der Waals surface area contributed by atoms with Gasteiger partial charge in [-0.3, -0.25) is 9.36 Å². The summed E-state index contributed by atoms with van der Waals surface area (Å²) in [5.41, 5.74) is 3.59. The van der Waals surface area contributed by atoms with Gasteiger partial charge in [0.25, 0.3) is 0 Å². The second-order valence-electron chi connectivity index (χ2n) is 4.40. The van der Waals surface area contributed by atoms with Crippen LogP contribution in [0.2, 0.25) is 0 Å². The molecule has 6 heteroatoms. The minimum Gasteiger partial charge on any atom is -0.308 e. The van der Waals surface area contributed by atoms with Crippen molar-refractivity contribution in [1.82, 2.24) is 24.9 Å². The van der Waals surface area contributed by atoms with Gasteiger partial charge in [0, 0.05) is 49.7 Å². The average molecular weight is 284 g/mol. The molecule has 19 heavy (non-hydrogen) atoms. The molecule has 0 aliphatic rings. The van der Waals surface area contributed by atoms with Crippen LogP contribution >= 0.6 is 12.4 Å². The van der Waals surface area contributed by atoms with Crippen LogP contribution in [0.15, 0.2) is 18.6 Å². The molecule has 0 aromatic carbocycles. The van der Waals surface area contributed by atoms with Gasteiger partial charge in [-0.25, -0.2) is 0 Å². The van der Waals surface area contributed by atoms with E-state index in [1.165, 1.54) is 11.1 Å². The van der Waals surface area contributed by atoms with Gasteiger partial charge in [0.05, 0.1) is 11.9 Å². The molecule has 2 aromatic rings. The molecule has 2 heterocycles. The first-order valence-corrected chi connectivity index (χ1v) is 6.48. The van der Waals surface area contributed by atoms with Gasteiger partial charge in [0.15, 0.2) is 0 Å². The second kappa shape index (κ2) is 7.31. The highest BCUT2D eigenvalue weighted by Gasteiger charge is 2.04. The monoisotopic (exact) mass is 283 g/mol. The van der Waals surface area contributed by atoms with Crippen LogP contribution in [0.3, 0.4) is 0 Å². The minimum atomic E-state index is 0. The zero-order valence-corrected chi connectivity index (χ0v) is 12.6. The van der Waals surface area contributed by atoms with Crippen LogP contribution in [0.25, 0.3) is 0 Å². The highest BCUT2D eigenvalue weighted by Crippen LogP contribution is 2.06. The van der Waals surface area contributed by atoms with Crippen molar-refractivity contribution in [3.63, 3.8) is 0 Å². The van der Waals surface area contributed by atoms with Crippen LogP contribution in [0, 0.1) is 6.92 Å². The lowest BCUT2D eigenvalue weighted by Gasteiger charge is -2.01. The lowest BCUT2D eigenvalue weighted by molar-refractivity contribution is 0.650. The number of aryl methyl sites for hydroxylation is 3. The maximum absolute atomic E-state index is 4.43. The number of nitrogens with one attached hydrogen (secondary N) is 1. The number of aromatic nitrogens is 4. The van der Waals surface area contributed by atoms with E-state index in [1.807, 2.05) is 15.6 Å². The number of nitrogens with zero attached hydrogens (tertiary/aromatic N) is 4. The van der Waals surface area contributed by atoms with Gasteiger partial charge in [-0.05, 0) is 20.8 Å². The summed E-state index contributed by atoms with van der Waals surface area (Å²) in [6, 6.07) is 0. The quantitative estimate of drug-likeness (QED) is 0.884. The predicted molar refractivity (Wildman–Crippen MR) is 78.3 cm³/mol. The van der Waals surface area contributed by atoms with Crippen LogP contribution in [-0.4, -0.2) is 19.6 Å². The summed E-state index contributed by atoms with van der Waals surface area (Å²) in [5.74, 6) is 0. The Labute approximate surface area is 120 Å². The van der Waals surface area contributed by atoms with Crippen molar-refractivity contribution in [3.8, 4) is 0 Å². The van der Waals surface area contributed by atoms with Crippen molar-refractivity contribution in [2.75, 3.05) is 0 Å². The van der Waals surface area contributed by atoms with Crippen molar-refractivity contribution in [2.45, 2.75) is 47.0 Å². The first kappa shape index (κ1) is 15.7. The summed E-state index contributed by atoms with van der Waals surface area (Å²) in [7, 11) is 0. The Balaban J connectivity index is 0.00000180. The first-order valence-electron chi connectivity index (χ1n) is 6.48. The Morgan fingerprint density at radius 3 is 2.42 bits per heavy atom. The molecule has 0 fully saturated rings. The van der Waals surface area contributed by atoms with Gasteiger partial charge in [-0.2, -0.15) is 10.2 Å². The molecule has 0 aliphatic heterocycles. The lowest BCUT2D eigenvalue weighted by Crippen LogP contribution is -2.12. The molecule has 1 N–H and O–H groups in total. The third-order valence-corrected chi connectivity index (χ3v) is 3.03. The van der Waals surface area contributed by atoms with Gasteiger partial charge in [0.1, 0.15) is 0 Å². The smallest absolute Gasteiger partial charge is 0.0638 e. The third kappa shape index (κ3) is 4.08. The number of hydrogen-bond acceptors (Lipinski definition) is 3. The van der Waals surface area contributed by atoms with Crippen LogP contribution in [0.5, 0.6) is 0 Å². The van der Waals surface area contributed by atoms with Crippen LogP contribution in [0.1, 0.15) is 30.7 Å². The Hall–Kier alpha value is -1.33. The summed E-state index contributed by atoms with van der Waals surface area (Å²) in [4.78, 5) is 0. The maximum atomic E-state index is 4.43. The molecule has 0 amide bonds. The van der Waals surface area contributed by atoms with Gasteiger partial charge in [-0.15, -0.1) is 12.4 Å². The van der Waals surface area contributed by atoms with E-state index in [-0.39, 0.29) is 12.4 Å². The van der Waals surface area contributed by atoms with Gasteiger partial charge >= 0.3 is 0 Å². The highest BCUT2D eigenvalue weighted by molar-refractivity contribution is 5.85. The summed E-state index contributed by atoms with van der Waals surface area (Å²) < 4.78 is 3.92. The molecule has 0 spiro atoms. The predicted octanol–water partition coefficient (Wildman–Crippen LogP) is 2.14. The Bertz CT molecular complexity index is 503. The molecule has 106 valence electrons. The molecule has 2 rings (SSSR count). The minimum absolute atomic E-state index is 0. The van der Waals surface area contributed by atoms with E-state index in [1.54, 1.807) is 0 Å². The van der Waals surface area contributed by atoms with E-state index in [4.69, 9.17) is 0 Å². The maximum Gasteiger partial charge on any atom is 0.0638 e. The van der Waals surface area contributed by atoms with Gasteiger partial charge in [0.2, 0.25) is 0 Å². The molecule has 5 nitrogen and oxygen atoms in total. The summed E-state index contributed by atoms with van der Waals surface area (Å²) in [5, 5.41) is 12.1. The van der Waals surface area contributed by atoms with Crippen LogP contribution in [0.4, 0.5) is 0 Å². The van der Waals surface area contributed by atoms with E-state index in [0.29, 0.717) is 0 Å². The summed E-state index contributed by atoms with van der Waals surface area (Å²) >= 11 is 0. The van der Waals surface area contributed by atoms with Crippen molar-refractivity contribution in [3.05, 3.63) is 35.4 Å². The van der Waals surface area contributed by atoms with E-state index < -0.39 is 0 Å². The molecule has 2 aromatic heterocycles. The lowest BCUT2D eigenvalue weighted by atomic mass is 10.2. The van der Waals surface area contributed by atoms with E-state index >= 15 is 0 Å². The Kier molecular flexibility index (Phi) is 6.05. The van der Waals surface area contributed by atoms with E-state index in [2.05, 4.69) is 48.7 Å². The first-order chi connectivity index (χ1) is 8.72. The van der Waals surface area contributed by atoms with E-state index in [9.17, 15) is 0 Å². The van der Waals surface area contributed by atoms with E-state index in [0.717, 1.165) is 31.9 Å². The van der Waals surface area contributed by atoms with Crippen molar-refractivity contribution >= 4 is 12.4 Å². The zero-order valence-electron chi connectivity index (χ0n) is 11.8.